The van der Waals surface area contributed by atoms with E-state index < -0.39 is 13.3 Å². The molecule has 0 saturated carbocycles. The molecule has 0 aliphatic heterocycles. The average molecular weight is 191 g/mol. The minimum atomic E-state index is -1.61. The van der Waals surface area contributed by atoms with Crippen molar-refractivity contribution in [2.45, 2.75) is 24.4 Å². The first-order valence-corrected chi connectivity index (χ1v) is 9.58. The predicted molar refractivity (Wildman–Crippen MR) is 44.8 cm³/mol. The third kappa shape index (κ3) is 2.28. The van der Waals surface area contributed by atoms with Gasteiger partial charge < -0.3 is 0 Å². The summed E-state index contributed by atoms with van der Waals surface area (Å²) in [4.78, 5) is 0. The topological polar surface area (TPSA) is 52.0 Å². The van der Waals surface area contributed by atoms with Gasteiger partial charge in [-0.1, -0.05) is 0 Å². The van der Waals surface area contributed by atoms with E-state index in [1.54, 1.807) is 0 Å². The zero-order valence-corrected chi connectivity index (χ0v) is 8.58. The summed E-state index contributed by atoms with van der Waals surface area (Å²) in [6, 6.07) is 0. The van der Waals surface area contributed by atoms with Crippen LogP contribution in [0.15, 0.2) is 0 Å². The Morgan fingerprint density at radius 1 is 1.00 bits per heavy atom. The van der Waals surface area contributed by atoms with Crippen LogP contribution in [0.5, 0.6) is 0 Å². The first kappa shape index (κ1) is 9.46. The molecule has 0 aliphatic rings. The molecule has 0 aromatic carbocycles. The van der Waals surface area contributed by atoms with Gasteiger partial charge in [0, 0.05) is 0 Å². The molecule has 3 heteroatoms. The average Bonchev–Trinajstić information content (AvgIpc) is 1.95. The predicted octanol–water partition coefficient (Wildman–Crippen LogP) is 0.471. The number of hydrogen-bond acceptors (Lipinski definition) is 2. The van der Waals surface area contributed by atoms with E-state index in [0.717, 1.165) is 10.8 Å². The molecule has 9 heavy (non-hydrogen) atoms. The molecule has 0 rings (SSSR count). The van der Waals surface area contributed by atoms with Gasteiger partial charge in [0.2, 0.25) is 0 Å². The van der Waals surface area contributed by atoms with Gasteiger partial charge in [-0.25, -0.2) is 0 Å². The molecule has 0 spiro atoms. The summed E-state index contributed by atoms with van der Waals surface area (Å²) < 4.78 is 0. The molecule has 56 valence electrons. The van der Waals surface area contributed by atoms with Crippen molar-refractivity contribution in [1.82, 2.24) is 0 Å². The van der Waals surface area contributed by atoms with Crippen LogP contribution < -0.4 is 11.5 Å². The molecule has 4 N–H and O–H groups in total. The summed E-state index contributed by atoms with van der Waals surface area (Å²) in [6.45, 7) is 4.45. The zero-order chi connectivity index (χ0) is 7.33. The van der Waals surface area contributed by atoms with E-state index in [2.05, 4.69) is 13.8 Å². The monoisotopic (exact) mass is 192 g/mol. The van der Waals surface area contributed by atoms with Crippen molar-refractivity contribution in [3.63, 3.8) is 0 Å². The van der Waals surface area contributed by atoms with E-state index in [4.69, 9.17) is 11.5 Å². The molecule has 0 aromatic heterocycles. The molecule has 0 heterocycles. The number of nitrogens with two attached hydrogens (primary N) is 2. The Morgan fingerprint density at radius 2 is 1.33 bits per heavy atom. The molecule has 0 saturated heterocycles. The third-order valence-corrected chi connectivity index (χ3v) is 12.3. The first-order chi connectivity index (χ1) is 4.24. The van der Waals surface area contributed by atoms with Gasteiger partial charge in [-0.05, 0) is 0 Å². The van der Waals surface area contributed by atoms with Gasteiger partial charge in [0.25, 0.3) is 0 Å². The summed E-state index contributed by atoms with van der Waals surface area (Å²) in [5.41, 5.74) is 11.3. The molecule has 0 aliphatic carbocycles. The van der Waals surface area contributed by atoms with Crippen molar-refractivity contribution in [1.29, 1.82) is 0 Å². The molecule has 0 unspecified atom stereocenters. The molecule has 0 radical (unpaired) electrons. The van der Waals surface area contributed by atoms with E-state index in [0.29, 0.717) is 0 Å². The fourth-order valence-electron chi connectivity index (χ4n) is 0.911. The Morgan fingerprint density at radius 3 is 1.33 bits per heavy atom. The van der Waals surface area contributed by atoms with Gasteiger partial charge in [0.1, 0.15) is 0 Å². The number of rotatable bonds is 4. The maximum absolute atomic E-state index is 5.64. The van der Waals surface area contributed by atoms with Gasteiger partial charge in [-0.15, -0.1) is 0 Å². The molecule has 2 nitrogen and oxygen atoms in total. The van der Waals surface area contributed by atoms with E-state index in [1.165, 1.54) is 10.5 Å². The second kappa shape index (κ2) is 4.31. The van der Waals surface area contributed by atoms with Gasteiger partial charge in [0.05, 0.1) is 0 Å². The maximum atomic E-state index is 5.64. The van der Waals surface area contributed by atoms with Crippen LogP contribution in [0, 0.1) is 0 Å². The third-order valence-electron chi connectivity index (χ3n) is 2.37. The summed E-state index contributed by atoms with van der Waals surface area (Å²) in [7, 11) is 0. The van der Waals surface area contributed by atoms with Crippen molar-refractivity contribution >= 4 is 13.3 Å². The van der Waals surface area contributed by atoms with Crippen LogP contribution in [0.1, 0.15) is 13.8 Å². The Hall–Kier alpha value is 0.463. The SMILES string of the molecule is C[CH2][Ge]([CH2]C)([CH2]N)[CH2]N. The number of hydrogen-bond donors (Lipinski definition) is 2. The van der Waals surface area contributed by atoms with Crippen molar-refractivity contribution in [3.8, 4) is 0 Å². The van der Waals surface area contributed by atoms with Crippen LogP contribution in [0.3, 0.4) is 0 Å². The normalized spacial score (nSPS) is 12.0. The summed E-state index contributed by atoms with van der Waals surface area (Å²) in [5, 5.41) is 4.38. The van der Waals surface area contributed by atoms with Crippen LogP contribution in [0.2, 0.25) is 10.5 Å². The Labute approximate surface area is 60.3 Å². The van der Waals surface area contributed by atoms with Gasteiger partial charge in [-0.2, -0.15) is 0 Å². The van der Waals surface area contributed by atoms with Crippen molar-refractivity contribution in [3.05, 3.63) is 0 Å². The van der Waals surface area contributed by atoms with Gasteiger partial charge in [0.15, 0.2) is 0 Å². The molecular weight excluding hydrogens is 173 g/mol. The van der Waals surface area contributed by atoms with Crippen LogP contribution >= 0.6 is 0 Å². The van der Waals surface area contributed by atoms with Gasteiger partial charge in [-0.3, -0.25) is 0 Å². The fourth-order valence-corrected chi connectivity index (χ4v) is 4.73. The molecule has 0 atom stereocenters. The van der Waals surface area contributed by atoms with Crippen LogP contribution in [0.4, 0.5) is 0 Å². The van der Waals surface area contributed by atoms with E-state index >= 15 is 0 Å². The van der Waals surface area contributed by atoms with Crippen molar-refractivity contribution < 1.29 is 0 Å². The molecular formula is C6H18GeN2. The second-order valence-corrected chi connectivity index (χ2v) is 13.6. The van der Waals surface area contributed by atoms with E-state index in [9.17, 15) is 0 Å². The summed E-state index contributed by atoms with van der Waals surface area (Å²) >= 11 is -1.61. The Balaban J connectivity index is 3.82. The summed E-state index contributed by atoms with van der Waals surface area (Å²) in [5.74, 6) is 0. The molecule has 0 fully saturated rings. The van der Waals surface area contributed by atoms with E-state index in [-0.39, 0.29) is 0 Å². The van der Waals surface area contributed by atoms with Gasteiger partial charge >= 0.3 is 59.8 Å². The summed E-state index contributed by atoms with van der Waals surface area (Å²) in [6.07, 6.45) is 0. The standard InChI is InChI=1S/C6H18GeN2/c1-3-7(4-2,5-8)6-9/h3-6,8-9H2,1-2H3. The van der Waals surface area contributed by atoms with Crippen LogP contribution in [-0.4, -0.2) is 24.0 Å². The van der Waals surface area contributed by atoms with Crippen LogP contribution in [-0.2, 0) is 0 Å². The van der Waals surface area contributed by atoms with E-state index in [1.807, 2.05) is 0 Å². The minimum absolute atomic E-state index is 0.906. The molecule has 0 bridgehead atoms. The van der Waals surface area contributed by atoms with Crippen molar-refractivity contribution in [2.75, 3.05) is 10.8 Å². The molecule has 0 aromatic rings. The second-order valence-electron chi connectivity index (χ2n) is 2.62. The van der Waals surface area contributed by atoms with Crippen LogP contribution in [0.25, 0.3) is 0 Å². The zero-order valence-electron chi connectivity index (χ0n) is 6.48. The van der Waals surface area contributed by atoms with Crippen molar-refractivity contribution in [2.24, 2.45) is 11.5 Å². The molecule has 0 amide bonds. The Kier molecular flexibility index (Phi) is 4.53. The fraction of sp³-hybridized carbons (Fsp3) is 1.00. The first-order valence-electron chi connectivity index (χ1n) is 3.64. The quantitative estimate of drug-likeness (QED) is 0.634. The Bertz CT molecular complexity index is 53.9.